The molecule has 0 atom stereocenters. The Labute approximate surface area is 117 Å². The maximum Gasteiger partial charge on any atom is 0.240 e. The molecule has 0 aliphatic rings. The van der Waals surface area contributed by atoms with E-state index in [1.807, 2.05) is 0 Å². The Morgan fingerprint density at radius 3 is 2.80 bits per heavy atom. The summed E-state index contributed by atoms with van der Waals surface area (Å²) < 4.78 is 32.0. The van der Waals surface area contributed by atoms with Crippen molar-refractivity contribution in [1.82, 2.24) is 19.9 Å². The fourth-order valence-electron chi connectivity index (χ4n) is 1.78. The van der Waals surface area contributed by atoms with Gasteiger partial charge >= 0.3 is 0 Å². The van der Waals surface area contributed by atoms with Crippen LogP contribution in [0.25, 0.3) is 0 Å². The van der Waals surface area contributed by atoms with Crippen molar-refractivity contribution in [1.29, 1.82) is 0 Å². The molecule has 0 amide bonds. The largest absolute Gasteiger partial charge is 0.497 e. The SMILES string of the molecule is COc1ccc(S(=O)(=O)NCCc2ncn[nH]2)c(C)c1. The van der Waals surface area contributed by atoms with Crippen LogP contribution in [-0.4, -0.2) is 37.3 Å². The van der Waals surface area contributed by atoms with E-state index in [1.54, 1.807) is 26.2 Å². The molecule has 0 aliphatic heterocycles. The van der Waals surface area contributed by atoms with Gasteiger partial charge in [0, 0.05) is 13.0 Å². The summed E-state index contributed by atoms with van der Waals surface area (Å²) in [7, 11) is -2.00. The fourth-order valence-corrected chi connectivity index (χ4v) is 3.04. The number of rotatable bonds is 6. The minimum atomic E-state index is -3.54. The molecular formula is C12H16N4O3S. The highest BCUT2D eigenvalue weighted by atomic mass is 32.2. The molecular weight excluding hydrogens is 280 g/mol. The number of nitrogens with one attached hydrogen (secondary N) is 2. The molecule has 0 aliphatic carbocycles. The molecule has 0 unspecified atom stereocenters. The Morgan fingerprint density at radius 2 is 2.20 bits per heavy atom. The Bertz CT molecular complexity index is 668. The second-order valence-electron chi connectivity index (χ2n) is 4.21. The van der Waals surface area contributed by atoms with Gasteiger partial charge < -0.3 is 4.74 Å². The highest BCUT2D eigenvalue weighted by molar-refractivity contribution is 7.89. The van der Waals surface area contributed by atoms with Gasteiger partial charge in [0.15, 0.2) is 0 Å². The molecule has 108 valence electrons. The fraction of sp³-hybridized carbons (Fsp3) is 0.333. The topological polar surface area (TPSA) is 97.0 Å². The molecule has 2 N–H and O–H groups in total. The first kappa shape index (κ1) is 14.5. The Hall–Kier alpha value is -1.93. The number of aromatic nitrogens is 3. The van der Waals surface area contributed by atoms with Crippen molar-refractivity contribution >= 4 is 10.0 Å². The summed E-state index contributed by atoms with van der Waals surface area (Å²) in [6.45, 7) is 1.98. The van der Waals surface area contributed by atoms with Gasteiger partial charge in [0.25, 0.3) is 0 Å². The van der Waals surface area contributed by atoms with E-state index >= 15 is 0 Å². The van der Waals surface area contributed by atoms with Gasteiger partial charge in [0.1, 0.15) is 17.9 Å². The maximum absolute atomic E-state index is 12.2. The van der Waals surface area contributed by atoms with Crippen LogP contribution in [0.2, 0.25) is 0 Å². The molecule has 0 saturated carbocycles. The van der Waals surface area contributed by atoms with Crippen LogP contribution in [0.4, 0.5) is 0 Å². The minimum Gasteiger partial charge on any atom is -0.497 e. The van der Waals surface area contributed by atoms with Crippen molar-refractivity contribution in [3.8, 4) is 5.75 Å². The molecule has 1 aromatic carbocycles. The number of benzene rings is 1. The molecule has 0 radical (unpaired) electrons. The zero-order valence-electron chi connectivity index (χ0n) is 11.3. The van der Waals surface area contributed by atoms with Crippen molar-refractivity contribution in [3.63, 3.8) is 0 Å². The zero-order chi connectivity index (χ0) is 14.6. The number of aryl methyl sites for hydroxylation is 1. The van der Waals surface area contributed by atoms with E-state index in [1.165, 1.54) is 12.4 Å². The molecule has 0 spiro atoms. The summed E-state index contributed by atoms with van der Waals surface area (Å²) in [6, 6.07) is 4.84. The number of sulfonamides is 1. The van der Waals surface area contributed by atoms with E-state index in [0.29, 0.717) is 23.6 Å². The summed E-state index contributed by atoms with van der Waals surface area (Å²) in [6.07, 6.45) is 1.84. The lowest BCUT2D eigenvalue weighted by Crippen LogP contribution is -2.26. The van der Waals surface area contributed by atoms with E-state index in [9.17, 15) is 8.42 Å². The van der Waals surface area contributed by atoms with E-state index < -0.39 is 10.0 Å². The van der Waals surface area contributed by atoms with Crippen molar-refractivity contribution in [2.24, 2.45) is 0 Å². The lowest BCUT2D eigenvalue weighted by Gasteiger charge is -2.10. The van der Waals surface area contributed by atoms with E-state index in [4.69, 9.17) is 4.74 Å². The van der Waals surface area contributed by atoms with Crippen LogP contribution in [0.1, 0.15) is 11.4 Å². The minimum absolute atomic E-state index is 0.246. The molecule has 2 aromatic rings. The third-order valence-electron chi connectivity index (χ3n) is 2.79. The molecule has 1 aromatic heterocycles. The highest BCUT2D eigenvalue weighted by Crippen LogP contribution is 2.20. The van der Waals surface area contributed by atoms with Crippen LogP contribution in [-0.2, 0) is 16.4 Å². The number of nitrogens with zero attached hydrogens (tertiary/aromatic N) is 2. The van der Waals surface area contributed by atoms with Crippen LogP contribution in [0.15, 0.2) is 29.4 Å². The average molecular weight is 296 g/mol. The highest BCUT2D eigenvalue weighted by Gasteiger charge is 2.16. The first-order chi connectivity index (χ1) is 9.53. The number of hydrogen-bond acceptors (Lipinski definition) is 5. The van der Waals surface area contributed by atoms with Gasteiger partial charge in [-0.3, -0.25) is 5.10 Å². The predicted molar refractivity (Wildman–Crippen MR) is 73.0 cm³/mol. The van der Waals surface area contributed by atoms with Crippen LogP contribution >= 0.6 is 0 Å². The number of ether oxygens (including phenoxy) is 1. The molecule has 0 bridgehead atoms. The second kappa shape index (κ2) is 6.02. The molecule has 8 heteroatoms. The molecule has 20 heavy (non-hydrogen) atoms. The molecule has 0 saturated heterocycles. The Balaban J connectivity index is 2.06. The van der Waals surface area contributed by atoms with Gasteiger partial charge in [-0.1, -0.05) is 0 Å². The summed E-state index contributed by atoms with van der Waals surface area (Å²) in [5, 5.41) is 6.38. The molecule has 2 rings (SSSR count). The Morgan fingerprint density at radius 1 is 1.40 bits per heavy atom. The van der Waals surface area contributed by atoms with Gasteiger partial charge in [-0.25, -0.2) is 18.1 Å². The van der Waals surface area contributed by atoms with Crippen molar-refractivity contribution in [2.45, 2.75) is 18.2 Å². The van der Waals surface area contributed by atoms with E-state index in [-0.39, 0.29) is 11.4 Å². The third kappa shape index (κ3) is 3.34. The van der Waals surface area contributed by atoms with Crippen molar-refractivity contribution in [3.05, 3.63) is 35.9 Å². The first-order valence-corrected chi connectivity index (χ1v) is 7.50. The van der Waals surface area contributed by atoms with Crippen molar-refractivity contribution < 1.29 is 13.2 Å². The number of aromatic amines is 1. The van der Waals surface area contributed by atoms with Crippen LogP contribution in [0.3, 0.4) is 0 Å². The van der Waals surface area contributed by atoms with Crippen molar-refractivity contribution in [2.75, 3.05) is 13.7 Å². The van der Waals surface area contributed by atoms with Crippen LogP contribution in [0, 0.1) is 6.92 Å². The Kier molecular flexibility index (Phi) is 4.35. The maximum atomic E-state index is 12.2. The average Bonchev–Trinajstić information content (AvgIpc) is 2.91. The lowest BCUT2D eigenvalue weighted by molar-refractivity contribution is 0.414. The first-order valence-electron chi connectivity index (χ1n) is 6.01. The third-order valence-corrected chi connectivity index (χ3v) is 4.41. The monoisotopic (exact) mass is 296 g/mol. The second-order valence-corrected chi connectivity index (χ2v) is 5.95. The zero-order valence-corrected chi connectivity index (χ0v) is 12.1. The van der Waals surface area contributed by atoms with Gasteiger partial charge in [0.2, 0.25) is 10.0 Å². The lowest BCUT2D eigenvalue weighted by atomic mass is 10.2. The van der Waals surface area contributed by atoms with Crippen LogP contribution in [0.5, 0.6) is 5.75 Å². The molecule has 7 nitrogen and oxygen atoms in total. The van der Waals surface area contributed by atoms with Crippen LogP contribution < -0.4 is 9.46 Å². The molecule has 1 heterocycles. The number of methoxy groups -OCH3 is 1. The standard InChI is InChI=1S/C12H16N4O3S/c1-9-7-10(19-2)3-4-11(9)20(17,18)15-6-5-12-13-8-14-16-12/h3-4,7-8,15H,5-6H2,1-2H3,(H,13,14,16). The van der Waals surface area contributed by atoms with Gasteiger partial charge in [-0.15, -0.1) is 0 Å². The summed E-state index contributed by atoms with van der Waals surface area (Å²) >= 11 is 0. The van der Waals surface area contributed by atoms with Gasteiger partial charge in [0.05, 0.1) is 12.0 Å². The smallest absolute Gasteiger partial charge is 0.240 e. The summed E-state index contributed by atoms with van der Waals surface area (Å²) in [5.74, 6) is 1.27. The van der Waals surface area contributed by atoms with E-state index in [2.05, 4.69) is 19.9 Å². The summed E-state index contributed by atoms with van der Waals surface area (Å²) in [4.78, 5) is 4.18. The normalized spacial score (nSPS) is 11.5. The number of hydrogen-bond donors (Lipinski definition) is 2. The van der Waals surface area contributed by atoms with Gasteiger partial charge in [-0.05, 0) is 30.7 Å². The molecule has 0 fully saturated rings. The number of H-pyrrole nitrogens is 1. The quantitative estimate of drug-likeness (QED) is 0.815. The predicted octanol–water partition coefficient (Wildman–Crippen LogP) is 0.643. The van der Waals surface area contributed by atoms with Gasteiger partial charge in [-0.2, -0.15) is 5.10 Å². The van der Waals surface area contributed by atoms with E-state index in [0.717, 1.165) is 0 Å². The summed E-state index contributed by atoms with van der Waals surface area (Å²) in [5.41, 5.74) is 0.636.